The summed E-state index contributed by atoms with van der Waals surface area (Å²) in [6, 6.07) is 15.3. The first kappa shape index (κ1) is 21.1. The van der Waals surface area contributed by atoms with E-state index in [9.17, 15) is 9.59 Å². The molecule has 0 bridgehead atoms. The molecule has 0 radical (unpaired) electrons. The molecule has 8 heteroatoms. The maximum Gasteiger partial charge on any atom is 0.291 e. The van der Waals surface area contributed by atoms with Gasteiger partial charge in [-0.05, 0) is 25.1 Å². The minimum absolute atomic E-state index is 0.0156. The summed E-state index contributed by atoms with van der Waals surface area (Å²) in [4.78, 5) is 30.7. The fourth-order valence-corrected chi connectivity index (χ4v) is 4.76. The van der Waals surface area contributed by atoms with Crippen molar-refractivity contribution in [2.75, 3.05) is 38.2 Å². The van der Waals surface area contributed by atoms with Gasteiger partial charge in [0.05, 0.1) is 18.8 Å². The van der Waals surface area contributed by atoms with Crippen LogP contribution in [0.15, 0.2) is 59.5 Å². The zero-order chi connectivity index (χ0) is 23.1. The summed E-state index contributed by atoms with van der Waals surface area (Å²) in [5.74, 6) is 0.837. The molecule has 2 aromatic heterocycles. The van der Waals surface area contributed by atoms with Crippen LogP contribution < -0.4 is 15.2 Å². The van der Waals surface area contributed by atoms with Crippen molar-refractivity contribution in [2.45, 2.75) is 13.0 Å². The molecule has 33 heavy (non-hydrogen) atoms. The Hall–Kier alpha value is -3.81. The summed E-state index contributed by atoms with van der Waals surface area (Å²) < 4.78 is 8.54. The Morgan fingerprint density at radius 1 is 1.03 bits per heavy atom. The lowest BCUT2D eigenvalue weighted by Crippen LogP contribution is -2.50. The van der Waals surface area contributed by atoms with Crippen molar-refractivity contribution in [2.24, 2.45) is 7.05 Å². The van der Waals surface area contributed by atoms with Gasteiger partial charge in [0.2, 0.25) is 5.91 Å². The Morgan fingerprint density at radius 2 is 1.79 bits per heavy atom. The van der Waals surface area contributed by atoms with Gasteiger partial charge in [0.25, 0.3) is 5.56 Å². The van der Waals surface area contributed by atoms with E-state index in [0.29, 0.717) is 18.6 Å². The van der Waals surface area contributed by atoms with Crippen LogP contribution in [0.4, 0.5) is 5.69 Å². The highest BCUT2D eigenvalue weighted by Gasteiger charge is 2.29. The third kappa shape index (κ3) is 3.51. The molecule has 5 rings (SSSR count). The van der Waals surface area contributed by atoms with Crippen LogP contribution in [0.1, 0.15) is 13.0 Å². The van der Waals surface area contributed by atoms with Gasteiger partial charge >= 0.3 is 0 Å². The van der Waals surface area contributed by atoms with Gasteiger partial charge in [-0.3, -0.25) is 9.59 Å². The molecule has 0 N–H and O–H groups in total. The maximum absolute atomic E-state index is 13.6. The van der Waals surface area contributed by atoms with Crippen LogP contribution in [0.25, 0.3) is 21.8 Å². The number of para-hydroxylation sites is 1. The molecule has 0 saturated carbocycles. The maximum atomic E-state index is 13.6. The second-order valence-corrected chi connectivity index (χ2v) is 8.41. The lowest BCUT2D eigenvalue weighted by Gasteiger charge is -2.37. The van der Waals surface area contributed by atoms with E-state index in [1.807, 2.05) is 58.9 Å². The fourth-order valence-electron chi connectivity index (χ4n) is 4.76. The SMILES string of the molecule is COc1cccc(N2CCN(C(=O)[C@H](C)n3c4ccccc4c4cnn(C)c(=O)c43)CC2)c1. The largest absolute Gasteiger partial charge is 0.497 e. The topological polar surface area (TPSA) is 72.6 Å². The number of ether oxygens (including phenoxy) is 1. The van der Waals surface area contributed by atoms with Crippen molar-refractivity contribution in [3.63, 3.8) is 0 Å². The Morgan fingerprint density at radius 3 is 2.55 bits per heavy atom. The van der Waals surface area contributed by atoms with Gasteiger partial charge in [-0.2, -0.15) is 5.10 Å². The standard InChI is InChI=1S/C25H27N5O3/c1-17(24(31)29-13-11-28(12-14-29)18-7-6-8-19(15-18)33-3)30-22-10-5-4-9-20(22)21-16-26-27(2)25(32)23(21)30/h4-10,15-17H,11-14H2,1-3H3/t17-/m0/s1. The van der Waals surface area contributed by atoms with E-state index in [0.717, 1.165) is 40.8 Å². The molecule has 0 spiro atoms. The van der Waals surface area contributed by atoms with Crippen molar-refractivity contribution in [1.82, 2.24) is 19.2 Å². The zero-order valence-corrected chi connectivity index (χ0v) is 19.1. The van der Waals surface area contributed by atoms with Crippen LogP contribution in [-0.4, -0.2) is 58.4 Å². The Kier molecular flexibility index (Phi) is 5.28. The molecular weight excluding hydrogens is 418 g/mol. The Balaban J connectivity index is 1.43. The van der Waals surface area contributed by atoms with Gasteiger partial charge in [0, 0.05) is 55.8 Å². The average Bonchev–Trinajstić information content (AvgIpc) is 3.20. The predicted octanol–water partition coefficient (Wildman–Crippen LogP) is 2.81. The lowest BCUT2D eigenvalue weighted by atomic mass is 10.2. The van der Waals surface area contributed by atoms with Crippen LogP contribution in [-0.2, 0) is 11.8 Å². The number of aromatic nitrogens is 3. The minimum Gasteiger partial charge on any atom is -0.497 e. The van der Waals surface area contributed by atoms with Gasteiger partial charge < -0.3 is 19.1 Å². The van der Waals surface area contributed by atoms with Crippen molar-refractivity contribution in [3.05, 3.63) is 65.1 Å². The molecule has 1 aliphatic rings. The van der Waals surface area contributed by atoms with E-state index in [-0.39, 0.29) is 11.5 Å². The fraction of sp³-hybridized carbons (Fsp3) is 0.320. The van der Waals surface area contributed by atoms with Gasteiger partial charge in [-0.25, -0.2) is 4.68 Å². The highest BCUT2D eigenvalue weighted by Crippen LogP contribution is 2.30. The summed E-state index contributed by atoms with van der Waals surface area (Å²) in [6.07, 6.45) is 1.71. The zero-order valence-electron chi connectivity index (χ0n) is 19.1. The molecule has 1 saturated heterocycles. The minimum atomic E-state index is -0.508. The van der Waals surface area contributed by atoms with Gasteiger partial charge in [-0.15, -0.1) is 0 Å². The average molecular weight is 446 g/mol. The first-order chi connectivity index (χ1) is 16.0. The molecule has 1 atom stereocenters. The summed E-state index contributed by atoms with van der Waals surface area (Å²) in [5.41, 5.74) is 2.28. The van der Waals surface area contributed by atoms with Crippen molar-refractivity contribution < 1.29 is 9.53 Å². The normalized spacial score (nSPS) is 15.2. The lowest BCUT2D eigenvalue weighted by molar-refractivity contribution is -0.134. The number of fused-ring (bicyclic) bond motifs is 3. The van der Waals surface area contributed by atoms with Gasteiger partial charge in [0.1, 0.15) is 17.3 Å². The second-order valence-electron chi connectivity index (χ2n) is 8.41. The summed E-state index contributed by atoms with van der Waals surface area (Å²) in [6.45, 7) is 4.60. The number of methoxy groups -OCH3 is 1. The number of anilines is 1. The predicted molar refractivity (Wildman–Crippen MR) is 129 cm³/mol. The molecule has 1 fully saturated rings. The number of hydrogen-bond acceptors (Lipinski definition) is 5. The molecule has 2 aromatic carbocycles. The number of amides is 1. The molecule has 3 heterocycles. The number of rotatable bonds is 4. The summed E-state index contributed by atoms with van der Waals surface area (Å²) >= 11 is 0. The summed E-state index contributed by atoms with van der Waals surface area (Å²) in [7, 11) is 3.29. The molecule has 0 unspecified atom stereocenters. The van der Waals surface area contributed by atoms with E-state index < -0.39 is 6.04 Å². The highest BCUT2D eigenvalue weighted by atomic mass is 16.5. The first-order valence-corrected chi connectivity index (χ1v) is 11.1. The van der Waals surface area contributed by atoms with E-state index >= 15 is 0 Å². The van der Waals surface area contributed by atoms with Gasteiger partial charge in [0.15, 0.2) is 0 Å². The molecule has 8 nitrogen and oxygen atoms in total. The van der Waals surface area contributed by atoms with Crippen LogP contribution in [0.3, 0.4) is 0 Å². The number of carbonyl (C=O) groups is 1. The number of nitrogens with zero attached hydrogens (tertiary/aromatic N) is 5. The molecule has 4 aromatic rings. The number of carbonyl (C=O) groups excluding carboxylic acids is 1. The molecular formula is C25H27N5O3. The smallest absolute Gasteiger partial charge is 0.291 e. The van der Waals surface area contributed by atoms with E-state index in [1.54, 1.807) is 20.4 Å². The second kappa shape index (κ2) is 8.27. The van der Waals surface area contributed by atoms with Crippen molar-refractivity contribution in [3.8, 4) is 5.75 Å². The highest BCUT2D eigenvalue weighted by molar-refractivity contribution is 6.08. The Bertz CT molecular complexity index is 1400. The summed E-state index contributed by atoms with van der Waals surface area (Å²) in [5, 5.41) is 5.90. The van der Waals surface area contributed by atoms with E-state index in [4.69, 9.17) is 4.74 Å². The molecule has 0 aliphatic carbocycles. The molecule has 170 valence electrons. The van der Waals surface area contributed by atoms with Crippen LogP contribution >= 0.6 is 0 Å². The van der Waals surface area contributed by atoms with Crippen LogP contribution in [0, 0.1) is 0 Å². The van der Waals surface area contributed by atoms with E-state index in [2.05, 4.69) is 16.1 Å². The third-order valence-electron chi connectivity index (χ3n) is 6.56. The first-order valence-electron chi connectivity index (χ1n) is 11.1. The number of benzene rings is 2. The molecule has 1 amide bonds. The monoisotopic (exact) mass is 445 g/mol. The van der Waals surface area contributed by atoms with Crippen molar-refractivity contribution >= 4 is 33.4 Å². The van der Waals surface area contributed by atoms with Crippen molar-refractivity contribution in [1.29, 1.82) is 0 Å². The quantitative estimate of drug-likeness (QED) is 0.483. The molecule has 1 aliphatic heterocycles. The third-order valence-corrected chi connectivity index (χ3v) is 6.56. The van der Waals surface area contributed by atoms with Crippen LogP contribution in [0.5, 0.6) is 5.75 Å². The number of aryl methyl sites for hydroxylation is 1. The van der Waals surface area contributed by atoms with Crippen LogP contribution in [0.2, 0.25) is 0 Å². The number of piperazine rings is 1. The van der Waals surface area contributed by atoms with E-state index in [1.165, 1.54) is 4.68 Å². The Labute approximate surface area is 191 Å². The number of hydrogen-bond donors (Lipinski definition) is 0. The van der Waals surface area contributed by atoms with Gasteiger partial charge in [-0.1, -0.05) is 24.3 Å².